The summed E-state index contributed by atoms with van der Waals surface area (Å²) in [5.74, 6) is 0.0810. The Hall–Kier alpha value is -2.49. The number of carbonyl (C=O) groups is 1. The van der Waals surface area contributed by atoms with Crippen molar-refractivity contribution in [2.45, 2.75) is 6.92 Å². The molecule has 0 unspecified atom stereocenters. The van der Waals surface area contributed by atoms with E-state index in [0.717, 1.165) is 31.7 Å². The molecule has 22 heavy (non-hydrogen) atoms. The first-order valence-electron chi connectivity index (χ1n) is 7.60. The van der Waals surface area contributed by atoms with Gasteiger partial charge in [0.05, 0.1) is 0 Å². The molecule has 4 heteroatoms. The standard InChI is InChI=1S/C18H21N3O/c1-14-7-8-15(19)13-17(14)18(22)21-11-9-20(10-12-21)16-5-3-2-4-6-16/h2-8,13H,9-12,19H2,1H3. The van der Waals surface area contributed by atoms with Crippen molar-refractivity contribution in [3.05, 3.63) is 59.7 Å². The van der Waals surface area contributed by atoms with E-state index in [1.54, 1.807) is 6.07 Å². The number of nitrogens with zero attached hydrogens (tertiary/aromatic N) is 2. The highest BCUT2D eigenvalue weighted by Crippen LogP contribution is 2.19. The molecule has 0 aliphatic carbocycles. The van der Waals surface area contributed by atoms with Crippen molar-refractivity contribution in [2.75, 3.05) is 36.8 Å². The maximum absolute atomic E-state index is 12.7. The monoisotopic (exact) mass is 295 g/mol. The minimum atomic E-state index is 0.0810. The third-order valence-corrected chi connectivity index (χ3v) is 4.18. The Morgan fingerprint density at radius 1 is 1.00 bits per heavy atom. The summed E-state index contributed by atoms with van der Waals surface area (Å²) in [6, 6.07) is 15.8. The van der Waals surface area contributed by atoms with Crippen molar-refractivity contribution in [1.29, 1.82) is 0 Å². The Balaban J connectivity index is 1.68. The minimum Gasteiger partial charge on any atom is -0.399 e. The fourth-order valence-corrected chi connectivity index (χ4v) is 2.85. The second kappa shape index (κ2) is 6.10. The van der Waals surface area contributed by atoms with Crippen LogP contribution >= 0.6 is 0 Å². The largest absolute Gasteiger partial charge is 0.399 e. The van der Waals surface area contributed by atoms with Gasteiger partial charge in [0.2, 0.25) is 0 Å². The zero-order valence-corrected chi connectivity index (χ0v) is 12.8. The molecule has 1 saturated heterocycles. The van der Waals surface area contributed by atoms with E-state index in [1.165, 1.54) is 5.69 Å². The molecule has 0 atom stereocenters. The van der Waals surface area contributed by atoms with E-state index in [4.69, 9.17) is 5.73 Å². The van der Waals surface area contributed by atoms with Gasteiger partial charge in [0.25, 0.3) is 5.91 Å². The molecule has 3 rings (SSSR count). The van der Waals surface area contributed by atoms with Crippen LogP contribution in [0.25, 0.3) is 0 Å². The number of hydrogen-bond acceptors (Lipinski definition) is 3. The number of carbonyl (C=O) groups excluding carboxylic acids is 1. The highest BCUT2D eigenvalue weighted by atomic mass is 16.2. The van der Waals surface area contributed by atoms with Crippen LogP contribution in [0, 0.1) is 6.92 Å². The molecule has 2 aromatic rings. The Bertz CT molecular complexity index is 661. The molecule has 1 amide bonds. The van der Waals surface area contributed by atoms with Gasteiger partial charge in [-0.15, -0.1) is 0 Å². The second-order valence-electron chi connectivity index (χ2n) is 5.69. The number of para-hydroxylation sites is 1. The number of rotatable bonds is 2. The van der Waals surface area contributed by atoms with Gasteiger partial charge in [0.15, 0.2) is 0 Å². The first-order chi connectivity index (χ1) is 10.6. The molecule has 1 aliphatic rings. The molecule has 1 heterocycles. The van der Waals surface area contributed by atoms with Crippen LogP contribution in [-0.2, 0) is 0 Å². The maximum Gasteiger partial charge on any atom is 0.254 e. The number of nitrogens with two attached hydrogens (primary N) is 1. The fraction of sp³-hybridized carbons (Fsp3) is 0.278. The predicted molar refractivity (Wildman–Crippen MR) is 90.1 cm³/mol. The van der Waals surface area contributed by atoms with Crippen molar-refractivity contribution in [3.63, 3.8) is 0 Å². The van der Waals surface area contributed by atoms with Gasteiger partial charge in [-0.1, -0.05) is 24.3 Å². The summed E-state index contributed by atoms with van der Waals surface area (Å²) in [7, 11) is 0. The molecule has 0 spiro atoms. The Kier molecular flexibility index (Phi) is 4.00. The molecule has 0 aromatic heterocycles. The van der Waals surface area contributed by atoms with Crippen LogP contribution in [0.4, 0.5) is 11.4 Å². The Labute approximate surface area is 131 Å². The van der Waals surface area contributed by atoms with Crippen molar-refractivity contribution in [1.82, 2.24) is 4.90 Å². The van der Waals surface area contributed by atoms with E-state index >= 15 is 0 Å². The lowest BCUT2D eigenvalue weighted by atomic mass is 10.1. The summed E-state index contributed by atoms with van der Waals surface area (Å²) in [6.07, 6.45) is 0. The third kappa shape index (κ3) is 2.91. The van der Waals surface area contributed by atoms with Crippen LogP contribution < -0.4 is 10.6 Å². The van der Waals surface area contributed by atoms with E-state index in [-0.39, 0.29) is 5.91 Å². The number of hydrogen-bond donors (Lipinski definition) is 1. The molecule has 2 N–H and O–H groups in total. The van der Waals surface area contributed by atoms with Gasteiger partial charge in [-0.2, -0.15) is 0 Å². The highest BCUT2D eigenvalue weighted by Gasteiger charge is 2.23. The van der Waals surface area contributed by atoms with Gasteiger partial charge in [-0.05, 0) is 36.8 Å². The number of piperazine rings is 1. The van der Waals surface area contributed by atoms with Gasteiger partial charge in [-0.25, -0.2) is 0 Å². The highest BCUT2D eigenvalue weighted by molar-refractivity contribution is 5.96. The molecule has 114 valence electrons. The molecule has 0 saturated carbocycles. The van der Waals surface area contributed by atoms with Crippen molar-refractivity contribution < 1.29 is 4.79 Å². The molecule has 0 bridgehead atoms. The predicted octanol–water partition coefficient (Wildman–Crippen LogP) is 2.54. The summed E-state index contributed by atoms with van der Waals surface area (Å²) >= 11 is 0. The first kappa shape index (κ1) is 14.4. The van der Waals surface area contributed by atoms with Gasteiger partial charge in [0, 0.05) is 43.1 Å². The van der Waals surface area contributed by atoms with Gasteiger partial charge < -0.3 is 15.5 Å². The van der Waals surface area contributed by atoms with Crippen LogP contribution in [0.15, 0.2) is 48.5 Å². The second-order valence-corrected chi connectivity index (χ2v) is 5.69. The quantitative estimate of drug-likeness (QED) is 0.866. The molecular weight excluding hydrogens is 274 g/mol. The molecular formula is C18H21N3O. The lowest BCUT2D eigenvalue weighted by molar-refractivity contribution is 0.0746. The van der Waals surface area contributed by atoms with Crippen molar-refractivity contribution in [2.24, 2.45) is 0 Å². The Morgan fingerprint density at radius 2 is 1.68 bits per heavy atom. The zero-order valence-electron chi connectivity index (χ0n) is 12.8. The van der Waals surface area contributed by atoms with Crippen molar-refractivity contribution >= 4 is 17.3 Å². The number of nitrogen functional groups attached to an aromatic ring is 1. The summed E-state index contributed by atoms with van der Waals surface area (Å²) in [6.45, 7) is 5.14. The van der Waals surface area contributed by atoms with Crippen LogP contribution in [0.2, 0.25) is 0 Å². The number of anilines is 2. The fourth-order valence-electron chi connectivity index (χ4n) is 2.85. The van der Waals surface area contributed by atoms with Gasteiger partial charge >= 0.3 is 0 Å². The van der Waals surface area contributed by atoms with E-state index in [9.17, 15) is 4.79 Å². The van der Waals surface area contributed by atoms with Crippen LogP contribution in [0.5, 0.6) is 0 Å². The van der Waals surface area contributed by atoms with E-state index in [2.05, 4.69) is 17.0 Å². The average Bonchev–Trinajstić information content (AvgIpc) is 2.57. The summed E-state index contributed by atoms with van der Waals surface area (Å²) in [4.78, 5) is 16.9. The number of amides is 1. The first-order valence-corrected chi connectivity index (χ1v) is 7.60. The third-order valence-electron chi connectivity index (χ3n) is 4.18. The summed E-state index contributed by atoms with van der Waals surface area (Å²) in [5, 5.41) is 0. The lowest BCUT2D eigenvalue weighted by Crippen LogP contribution is -2.48. The topological polar surface area (TPSA) is 49.6 Å². The normalized spacial score (nSPS) is 15.0. The van der Waals surface area contributed by atoms with Crippen LogP contribution in [-0.4, -0.2) is 37.0 Å². The SMILES string of the molecule is Cc1ccc(N)cc1C(=O)N1CCN(c2ccccc2)CC1. The maximum atomic E-state index is 12.7. The summed E-state index contributed by atoms with van der Waals surface area (Å²) in [5.41, 5.74) is 9.36. The summed E-state index contributed by atoms with van der Waals surface area (Å²) < 4.78 is 0. The molecule has 1 aliphatic heterocycles. The Morgan fingerprint density at radius 3 is 2.36 bits per heavy atom. The minimum absolute atomic E-state index is 0.0810. The van der Waals surface area contributed by atoms with E-state index in [1.807, 2.05) is 42.2 Å². The van der Waals surface area contributed by atoms with Gasteiger partial charge in [0.1, 0.15) is 0 Å². The van der Waals surface area contributed by atoms with Crippen LogP contribution in [0.1, 0.15) is 15.9 Å². The van der Waals surface area contributed by atoms with Crippen LogP contribution in [0.3, 0.4) is 0 Å². The number of benzene rings is 2. The van der Waals surface area contributed by atoms with Crippen molar-refractivity contribution in [3.8, 4) is 0 Å². The molecule has 1 fully saturated rings. The smallest absolute Gasteiger partial charge is 0.254 e. The molecule has 4 nitrogen and oxygen atoms in total. The number of aryl methyl sites for hydroxylation is 1. The lowest BCUT2D eigenvalue weighted by Gasteiger charge is -2.36. The van der Waals surface area contributed by atoms with E-state index in [0.29, 0.717) is 11.3 Å². The average molecular weight is 295 g/mol. The van der Waals surface area contributed by atoms with Gasteiger partial charge in [-0.3, -0.25) is 4.79 Å². The zero-order chi connectivity index (χ0) is 15.5. The van der Waals surface area contributed by atoms with E-state index < -0.39 is 0 Å². The molecule has 0 radical (unpaired) electrons. The molecule has 2 aromatic carbocycles.